The summed E-state index contributed by atoms with van der Waals surface area (Å²) in [5.41, 5.74) is 0.0569. The van der Waals surface area contributed by atoms with Crippen LogP contribution in [0.1, 0.15) is 74.1 Å². The van der Waals surface area contributed by atoms with E-state index in [-0.39, 0.29) is 28.5 Å². The number of aryl methyl sites for hydroxylation is 1. The van der Waals surface area contributed by atoms with Crippen LogP contribution in [0.25, 0.3) is 0 Å². The first-order valence-corrected chi connectivity index (χ1v) is 13.5. The average Bonchev–Trinajstić information content (AvgIpc) is 3.33. The minimum Gasteiger partial charge on any atom is -0.488 e. The van der Waals surface area contributed by atoms with Crippen LogP contribution in [0.2, 0.25) is 0 Å². The largest absolute Gasteiger partial charge is 0.488 e. The van der Waals surface area contributed by atoms with Crippen LogP contribution in [0.3, 0.4) is 0 Å². The number of carbonyl (C=O) groups excluding carboxylic acids is 2. The molecule has 0 atom stereocenters. The SMILES string of the molecule is CCC1CCN(C(=O)c2ccc(Oc3cc(OC(C)(C)CC)cc(C(=O)Nc4ccn(C)n4)c3)c(F)c2)CC1. The lowest BCUT2D eigenvalue weighted by Gasteiger charge is -2.31. The summed E-state index contributed by atoms with van der Waals surface area (Å²) in [7, 11) is 1.75. The van der Waals surface area contributed by atoms with Gasteiger partial charge < -0.3 is 19.7 Å². The number of anilines is 1. The van der Waals surface area contributed by atoms with Gasteiger partial charge in [-0.3, -0.25) is 14.3 Å². The van der Waals surface area contributed by atoms with E-state index in [9.17, 15) is 9.59 Å². The van der Waals surface area contributed by atoms with Crippen LogP contribution in [-0.2, 0) is 7.05 Å². The maximum Gasteiger partial charge on any atom is 0.257 e. The van der Waals surface area contributed by atoms with Gasteiger partial charge in [-0.2, -0.15) is 5.10 Å². The molecule has 3 aromatic rings. The fourth-order valence-corrected chi connectivity index (χ4v) is 4.45. The summed E-state index contributed by atoms with van der Waals surface area (Å²) in [6, 6.07) is 10.6. The fraction of sp³-hybridized carbons (Fsp3) is 0.433. The molecular formula is C30H37FN4O4. The second-order valence-corrected chi connectivity index (χ2v) is 10.6. The maximum absolute atomic E-state index is 15.1. The summed E-state index contributed by atoms with van der Waals surface area (Å²) >= 11 is 0. The third-order valence-electron chi connectivity index (χ3n) is 7.23. The van der Waals surface area contributed by atoms with Gasteiger partial charge in [0.05, 0.1) is 0 Å². The van der Waals surface area contributed by atoms with Gasteiger partial charge in [-0.1, -0.05) is 20.3 Å². The van der Waals surface area contributed by atoms with Crippen LogP contribution < -0.4 is 14.8 Å². The van der Waals surface area contributed by atoms with Gasteiger partial charge in [-0.05, 0) is 69.4 Å². The number of rotatable bonds is 9. The molecule has 9 heteroatoms. The lowest BCUT2D eigenvalue weighted by Crippen LogP contribution is -2.38. The number of carbonyl (C=O) groups is 2. The molecule has 1 aromatic heterocycles. The van der Waals surface area contributed by atoms with E-state index in [0.29, 0.717) is 30.6 Å². The summed E-state index contributed by atoms with van der Waals surface area (Å²) in [6.45, 7) is 9.41. The van der Waals surface area contributed by atoms with Crippen molar-refractivity contribution in [3.63, 3.8) is 0 Å². The van der Waals surface area contributed by atoms with E-state index in [0.717, 1.165) is 25.7 Å². The maximum atomic E-state index is 15.1. The molecule has 1 fully saturated rings. The number of benzene rings is 2. The second kappa shape index (κ2) is 11.9. The van der Waals surface area contributed by atoms with Crippen LogP contribution >= 0.6 is 0 Å². The van der Waals surface area contributed by atoms with Gasteiger partial charge >= 0.3 is 0 Å². The molecule has 1 aliphatic heterocycles. The van der Waals surface area contributed by atoms with Crippen molar-refractivity contribution in [3.05, 3.63) is 65.6 Å². The molecule has 208 valence electrons. The van der Waals surface area contributed by atoms with Crippen molar-refractivity contribution in [1.29, 1.82) is 0 Å². The molecule has 4 rings (SSSR count). The Kier molecular flexibility index (Phi) is 8.57. The zero-order chi connectivity index (χ0) is 28.2. The average molecular weight is 537 g/mol. The minimum atomic E-state index is -0.663. The number of hydrogen-bond donors (Lipinski definition) is 1. The standard InChI is InChI=1S/C30H37FN4O4/c1-6-20-10-14-35(15-11-20)29(37)21-8-9-26(25(31)18-21)38-23-16-22(17-24(19-23)39-30(3,4)7-2)28(36)32-27-12-13-34(5)33-27/h8-9,12-13,16-20H,6-7,10-11,14-15H2,1-5H3,(H,32,33,36). The zero-order valence-electron chi connectivity index (χ0n) is 23.3. The Balaban J connectivity index is 1.55. The number of ether oxygens (including phenoxy) is 2. The number of piperidine rings is 1. The van der Waals surface area contributed by atoms with E-state index in [4.69, 9.17) is 9.47 Å². The van der Waals surface area contributed by atoms with Gasteiger partial charge in [0.15, 0.2) is 17.4 Å². The smallest absolute Gasteiger partial charge is 0.257 e. The highest BCUT2D eigenvalue weighted by Crippen LogP contribution is 2.32. The Bertz CT molecular complexity index is 1330. The number of likely N-dealkylation sites (tertiary alicyclic amines) is 1. The molecule has 0 radical (unpaired) electrons. The Morgan fingerprint density at radius 1 is 1.05 bits per heavy atom. The van der Waals surface area contributed by atoms with Gasteiger partial charge in [0.2, 0.25) is 0 Å². The Labute approximate surface area is 229 Å². The number of aromatic nitrogens is 2. The van der Waals surface area contributed by atoms with E-state index in [1.54, 1.807) is 47.1 Å². The third-order valence-corrected chi connectivity index (χ3v) is 7.23. The van der Waals surface area contributed by atoms with E-state index in [1.165, 1.54) is 18.2 Å². The lowest BCUT2D eigenvalue weighted by atomic mass is 9.94. The van der Waals surface area contributed by atoms with Crippen molar-refractivity contribution >= 4 is 17.6 Å². The first kappa shape index (κ1) is 28.1. The van der Waals surface area contributed by atoms with Crippen molar-refractivity contribution in [3.8, 4) is 17.2 Å². The molecule has 0 aliphatic carbocycles. The molecule has 8 nitrogen and oxygen atoms in total. The monoisotopic (exact) mass is 536 g/mol. The van der Waals surface area contributed by atoms with Gasteiger partial charge in [0.1, 0.15) is 17.1 Å². The predicted octanol–water partition coefficient (Wildman–Crippen LogP) is 6.43. The molecule has 2 heterocycles. The lowest BCUT2D eigenvalue weighted by molar-refractivity contribution is 0.0688. The molecule has 2 amide bonds. The number of nitrogens with zero attached hydrogens (tertiary/aromatic N) is 3. The molecule has 1 aliphatic rings. The quantitative estimate of drug-likeness (QED) is 0.340. The highest BCUT2D eigenvalue weighted by Gasteiger charge is 2.24. The summed E-state index contributed by atoms with van der Waals surface area (Å²) in [6.07, 6.45) is 5.49. The molecule has 39 heavy (non-hydrogen) atoms. The zero-order valence-corrected chi connectivity index (χ0v) is 23.3. The van der Waals surface area contributed by atoms with Crippen molar-refractivity contribution < 1.29 is 23.5 Å². The van der Waals surface area contributed by atoms with Crippen molar-refractivity contribution in [1.82, 2.24) is 14.7 Å². The van der Waals surface area contributed by atoms with Crippen molar-refractivity contribution in [2.24, 2.45) is 13.0 Å². The highest BCUT2D eigenvalue weighted by molar-refractivity contribution is 6.04. The number of nitrogens with one attached hydrogen (secondary N) is 1. The number of hydrogen-bond acceptors (Lipinski definition) is 5. The van der Waals surface area contributed by atoms with E-state index >= 15 is 4.39 Å². The Morgan fingerprint density at radius 3 is 2.38 bits per heavy atom. The van der Waals surface area contributed by atoms with E-state index < -0.39 is 17.3 Å². The summed E-state index contributed by atoms with van der Waals surface area (Å²) in [5.74, 6) is 0.365. The first-order chi connectivity index (χ1) is 18.6. The Morgan fingerprint density at radius 2 is 1.77 bits per heavy atom. The number of amides is 2. The molecular weight excluding hydrogens is 499 g/mol. The van der Waals surface area contributed by atoms with E-state index in [2.05, 4.69) is 17.3 Å². The van der Waals surface area contributed by atoms with Gasteiger partial charge in [-0.25, -0.2) is 4.39 Å². The molecule has 2 aromatic carbocycles. The fourth-order valence-electron chi connectivity index (χ4n) is 4.45. The van der Waals surface area contributed by atoms with Gasteiger partial charge in [-0.15, -0.1) is 0 Å². The van der Waals surface area contributed by atoms with Crippen LogP contribution in [0.15, 0.2) is 48.7 Å². The number of halogens is 1. The van der Waals surface area contributed by atoms with Crippen molar-refractivity contribution in [2.75, 3.05) is 18.4 Å². The molecule has 1 N–H and O–H groups in total. The normalized spacial score (nSPS) is 14.3. The molecule has 1 saturated heterocycles. The van der Waals surface area contributed by atoms with Crippen molar-refractivity contribution in [2.45, 2.75) is 59.0 Å². The minimum absolute atomic E-state index is 0.0563. The van der Waals surface area contributed by atoms with Gasteiger partial charge in [0.25, 0.3) is 11.8 Å². The summed E-state index contributed by atoms with van der Waals surface area (Å²) in [5, 5.41) is 6.92. The topological polar surface area (TPSA) is 85.7 Å². The summed E-state index contributed by atoms with van der Waals surface area (Å²) < 4.78 is 28.7. The molecule has 0 spiro atoms. The van der Waals surface area contributed by atoms with Crippen LogP contribution in [-0.4, -0.2) is 45.2 Å². The molecule has 0 bridgehead atoms. The predicted molar refractivity (Wildman–Crippen MR) is 148 cm³/mol. The first-order valence-electron chi connectivity index (χ1n) is 13.5. The van der Waals surface area contributed by atoms with Crippen LogP contribution in [0.5, 0.6) is 17.2 Å². The van der Waals surface area contributed by atoms with Crippen LogP contribution in [0.4, 0.5) is 10.2 Å². The van der Waals surface area contributed by atoms with Gasteiger partial charge in [0, 0.05) is 49.6 Å². The van der Waals surface area contributed by atoms with E-state index in [1.807, 2.05) is 20.8 Å². The summed E-state index contributed by atoms with van der Waals surface area (Å²) in [4.78, 5) is 27.7. The molecule has 0 unspecified atom stereocenters. The Hall–Kier alpha value is -3.88. The highest BCUT2D eigenvalue weighted by atomic mass is 19.1. The molecule has 0 saturated carbocycles. The van der Waals surface area contributed by atoms with Crippen LogP contribution in [0, 0.1) is 11.7 Å². The third kappa shape index (κ3) is 7.16. The second-order valence-electron chi connectivity index (χ2n) is 10.6.